The molecule has 5 rings (SSSR count). The lowest BCUT2D eigenvalue weighted by molar-refractivity contribution is -0.130. The third-order valence-corrected chi connectivity index (χ3v) is 7.18. The van der Waals surface area contributed by atoms with Crippen LogP contribution in [0.15, 0.2) is 70.3 Å². The highest BCUT2D eigenvalue weighted by Gasteiger charge is 2.36. The Labute approximate surface area is 225 Å². The van der Waals surface area contributed by atoms with Crippen LogP contribution < -0.4 is 9.47 Å². The van der Waals surface area contributed by atoms with E-state index in [1.807, 2.05) is 59.5 Å². The summed E-state index contributed by atoms with van der Waals surface area (Å²) < 4.78 is 11.5. The summed E-state index contributed by atoms with van der Waals surface area (Å²) in [4.78, 5) is 31.3. The largest absolute Gasteiger partial charge is 0.493 e. The molecule has 3 aliphatic rings. The van der Waals surface area contributed by atoms with Gasteiger partial charge in [0.25, 0.3) is 5.91 Å². The van der Waals surface area contributed by atoms with Gasteiger partial charge in [-0.3, -0.25) is 15.0 Å². The van der Waals surface area contributed by atoms with Crippen molar-refractivity contribution in [3.8, 4) is 11.5 Å². The third-order valence-electron chi connectivity index (χ3n) is 6.27. The van der Waals surface area contributed by atoms with Gasteiger partial charge in [-0.15, -0.1) is 0 Å². The van der Waals surface area contributed by atoms with Crippen LogP contribution in [0.5, 0.6) is 11.5 Å². The second-order valence-corrected chi connectivity index (χ2v) is 10.1. The highest BCUT2D eigenvalue weighted by Crippen LogP contribution is 2.30. The number of hydrazone groups is 1. The Bertz CT molecular complexity index is 1280. The van der Waals surface area contributed by atoms with E-state index >= 15 is 0 Å². The number of rotatable bonds is 9. The molecule has 0 radical (unpaired) electrons. The minimum absolute atomic E-state index is 0.0241. The maximum atomic E-state index is 12.7. The van der Waals surface area contributed by atoms with Crippen LogP contribution in [0.4, 0.5) is 0 Å². The molecule has 1 saturated heterocycles. The summed E-state index contributed by atoms with van der Waals surface area (Å²) in [6.45, 7) is 2.62. The summed E-state index contributed by atoms with van der Waals surface area (Å²) in [5.41, 5.74) is 0.890. The number of fused-ring (bicyclic) bond motifs is 1. The van der Waals surface area contributed by atoms with Gasteiger partial charge in [-0.1, -0.05) is 30.3 Å². The lowest BCUT2D eigenvalue weighted by atomic mass is 10.1. The number of amides is 2. The number of para-hydroxylation sites is 1. The van der Waals surface area contributed by atoms with Crippen LogP contribution in [0.2, 0.25) is 0 Å². The summed E-state index contributed by atoms with van der Waals surface area (Å²) in [6, 6.07) is 17.0. The molecule has 3 heterocycles. The molecule has 2 aromatic rings. The lowest BCUT2D eigenvalue weighted by Crippen LogP contribution is -2.36. The topological polar surface area (TPSA) is 108 Å². The molecule has 0 bridgehead atoms. The number of hydrogen-bond donors (Lipinski definition) is 1. The molecule has 0 aromatic heterocycles. The van der Waals surface area contributed by atoms with Crippen LogP contribution >= 0.6 is 11.8 Å². The van der Waals surface area contributed by atoms with Crippen LogP contribution in [0.1, 0.15) is 37.7 Å². The minimum atomic E-state index is -0.494. The first-order valence-electron chi connectivity index (χ1n) is 12.7. The van der Waals surface area contributed by atoms with Crippen molar-refractivity contribution >= 4 is 45.7 Å². The Balaban J connectivity index is 1.15. The van der Waals surface area contributed by atoms with Crippen molar-refractivity contribution in [1.29, 1.82) is 5.41 Å². The van der Waals surface area contributed by atoms with E-state index in [1.54, 1.807) is 6.08 Å². The molecular formula is C28H29N5O4S. The molecule has 1 fully saturated rings. The fourth-order valence-corrected chi connectivity index (χ4v) is 5.15. The predicted molar refractivity (Wildman–Crippen MR) is 149 cm³/mol. The quantitative estimate of drug-likeness (QED) is 0.376. The van der Waals surface area contributed by atoms with Crippen LogP contribution in [-0.4, -0.2) is 64.1 Å². The standard InChI is InChI=1S/C28H29N5O4S/c29-26-23(18-20-10-12-22(13-11-20)37-17-7-16-36-21-8-3-1-4-9-21)27(35)30-28-33(26)31-24(38-28)19-25(34)32-14-5-2-6-15-32/h1,3-4,8-13,18,29H,2,5-7,14-17,19H2/b23-18-,29-26?. The summed E-state index contributed by atoms with van der Waals surface area (Å²) in [6.07, 6.45) is 5.72. The van der Waals surface area contributed by atoms with E-state index in [0.717, 1.165) is 50.1 Å². The summed E-state index contributed by atoms with van der Waals surface area (Å²) in [5.74, 6) is 1.03. The Kier molecular flexibility index (Phi) is 8.18. The highest BCUT2D eigenvalue weighted by atomic mass is 32.2. The normalized spacial score (nSPS) is 18.3. The molecule has 10 heteroatoms. The Morgan fingerprint density at radius 1 is 0.974 bits per heavy atom. The Hall–Kier alpha value is -3.92. The molecule has 0 saturated carbocycles. The average Bonchev–Trinajstić information content (AvgIpc) is 3.35. The van der Waals surface area contributed by atoms with Crippen LogP contribution in [0.25, 0.3) is 6.08 Å². The van der Waals surface area contributed by atoms with E-state index in [2.05, 4.69) is 10.1 Å². The van der Waals surface area contributed by atoms with Gasteiger partial charge in [0.15, 0.2) is 5.84 Å². The van der Waals surface area contributed by atoms with Crippen molar-refractivity contribution in [2.75, 3.05) is 26.3 Å². The smallest absolute Gasteiger partial charge is 0.283 e. The molecule has 0 spiro atoms. The first-order valence-corrected chi connectivity index (χ1v) is 13.6. The molecule has 1 N–H and O–H groups in total. The number of benzene rings is 2. The summed E-state index contributed by atoms with van der Waals surface area (Å²) in [5, 5.41) is 15.2. The van der Waals surface area contributed by atoms with Gasteiger partial charge in [0.05, 0.1) is 25.2 Å². The van der Waals surface area contributed by atoms with Gasteiger partial charge in [-0.2, -0.15) is 15.1 Å². The summed E-state index contributed by atoms with van der Waals surface area (Å²) >= 11 is 1.18. The maximum absolute atomic E-state index is 12.7. The Morgan fingerprint density at radius 3 is 2.37 bits per heavy atom. The average molecular weight is 532 g/mol. The third kappa shape index (κ3) is 6.31. The number of piperidine rings is 1. The number of nitrogens with one attached hydrogen (secondary N) is 1. The first kappa shape index (κ1) is 25.7. The number of nitrogens with zero attached hydrogens (tertiary/aromatic N) is 4. The number of hydrogen-bond acceptors (Lipinski definition) is 7. The fourth-order valence-electron chi connectivity index (χ4n) is 4.27. The number of thioether (sulfide) groups is 1. The molecule has 0 unspecified atom stereocenters. The van der Waals surface area contributed by atoms with E-state index in [9.17, 15) is 9.59 Å². The van der Waals surface area contributed by atoms with Gasteiger partial charge in [0, 0.05) is 19.5 Å². The van der Waals surface area contributed by atoms with Crippen LogP contribution in [-0.2, 0) is 9.59 Å². The van der Waals surface area contributed by atoms with Crippen molar-refractivity contribution in [1.82, 2.24) is 9.91 Å². The van der Waals surface area contributed by atoms with Crippen LogP contribution in [0, 0.1) is 5.41 Å². The van der Waals surface area contributed by atoms with E-state index in [4.69, 9.17) is 14.9 Å². The summed E-state index contributed by atoms with van der Waals surface area (Å²) in [7, 11) is 0. The van der Waals surface area contributed by atoms with Crippen molar-refractivity contribution in [2.45, 2.75) is 32.1 Å². The molecule has 38 heavy (non-hydrogen) atoms. The molecule has 9 nitrogen and oxygen atoms in total. The predicted octanol–water partition coefficient (Wildman–Crippen LogP) is 4.56. The van der Waals surface area contributed by atoms with Gasteiger partial charge in [0.1, 0.15) is 16.5 Å². The molecule has 3 aliphatic heterocycles. The fraction of sp³-hybridized carbons (Fsp3) is 0.321. The monoisotopic (exact) mass is 531 g/mol. The van der Waals surface area contributed by atoms with Gasteiger partial charge in [-0.25, -0.2) is 0 Å². The van der Waals surface area contributed by atoms with E-state index < -0.39 is 5.91 Å². The van der Waals surface area contributed by atoms with Gasteiger partial charge in [0.2, 0.25) is 11.1 Å². The lowest BCUT2D eigenvalue weighted by Gasteiger charge is -2.26. The molecular weight excluding hydrogens is 502 g/mol. The zero-order valence-electron chi connectivity index (χ0n) is 21.0. The number of amidine groups is 2. The zero-order valence-corrected chi connectivity index (χ0v) is 21.8. The number of carbonyl (C=O) groups is 2. The number of likely N-dealkylation sites (tertiary alicyclic amines) is 1. The molecule has 2 amide bonds. The van der Waals surface area contributed by atoms with Crippen molar-refractivity contribution < 1.29 is 19.1 Å². The van der Waals surface area contributed by atoms with E-state index in [1.165, 1.54) is 16.8 Å². The van der Waals surface area contributed by atoms with Gasteiger partial charge >= 0.3 is 0 Å². The van der Waals surface area contributed by atoms with Crippen molar-refractivity contribution in [3.63, 3.8) is 0 Å². The molecule has 2 aromatic carbocycles. The second kappa shape index (κ2) is 12.1. The van der Waals surface area contributed by atoms with E-state index in [-0.39, 0.29) is 23.7 Å². The number of aliphatic imine (C=N–C) groups is 1. The SMILES string of the molecule is N=C1/C(=C/c2ccc(OCCCOc3ccccc3)cc2)C(=O)N=C2SC(CC(=O)N3CCCCC3)=NN12. The number of carbonyl (C=O) groups excluding carboxylic acids is 2. The van der Waals surface area contributed by atoms with Crippen molar-refractivity contribution in [2.24, 2.45) is 10.1 Å². The maximum Gasteiger partial charge on any atom is 0.283 e. The zero-order chi connectivity index (χ0) is 26.3. The first-order chi connectivity index (χ1) is 18.6. The van der Waals surface area contributed by atoms with Gasteiger partial charge in [-0.05, 0) is 66.9 Å². The Morgan fingerprint density at radius 2 is 1.66 bits per heavy atom. The second-order valence-electron chi connectivity index (χ2n) is 9.06. The molecule has 0 atom stereocenters. The molecule has 196 valence electrons. The van der Waals surface area contributed by atoms with Crippen molar-refractivity contribution in [3.05, 3.63) is 65.7 Å². The minimum Gasteiger partial charge on any atom is -0.493 e. The highest BCUT2D eigenvalue weighted by molar-refractivity contribution is 8.27. The number of ether oxygens (including phenoxy) is 2. The molecule has 0 aliphatic carbocycles. The van der Waals surface area contributed by atoms with Gasteiger partial charge < -0.3 is 14.4 Å². The van der Waals surface area contributed by atoms with Crippen LogP contribution in [0.3, 0.4) is 0 Å². The van der Waals surface area contributed by atoms with E-state index in [0.29, 0.717) is 29.2 Å².